The molecule has 0 bridgehead atoms. The predicted octanol–water partition coefficient (Wildman–Crippen LogP) is 5.50. The highest BCUT2D eigenvalue weighted by molar-refractivity contribution is 7.52. The molecule has 1 unspecified atom stereocenters. The Labute approximate surface area is 240 Å². The first-order valence-electron chi connectivity index (χ1n) is 14.7. The zero-order valence-corrected chi connectivity index (χ0v) is 24.8. The summed E-state index contributed by atoms with van der Waals surface area (Å²) < 4.78 is 65.3. The van der Waals surface area contributed by atoms with Gasteiger partial charge in [0, 0.05) is 31.9 Å². The van der Waals surface area contributed by atoms with E-state index in [4.69, 9.17) is 14.0 Å². The van der Waals surface area contributed by atoms with E-state index in [-0.39, 0.29) is 19.6 Å². The smallest absolute Gasteiger partial charge is 0.389 e. The molecule has 0 amide bonds. The van der Waals surface area contributed by atoms with Crippen LogP contribution in [0.2, 0.25) is 0 Å². The van der Waals surface area contributed by atoms with E-state index in [1.165, 1.54) is 31.9 Å². The topological polar surface area (TPSA) is 140 Å². The Morgan fingerprint density at radius 3 is 1.93 bits per heavy atom. The molecule has 0 spiro atoms. The molecule has 1 rings (SSSR count). The van der Waals surface area contributed by atoms with Gasteiger partial charge in [0.2, 0.25) is 0 Å². The number of unbranched alkanes of at least 4 members (excludes halogenated alkanes) is 12. The standard InChI is InChI=1S/C27H48F3N2O8P/c28-27(29,30)16-12-10-8-6-4-2-1-3-5-7-9-11-13-18-38-19-14-20-40-41(36,37)23-39-24(22-33)21-32-17-15-25(34)31-26(32)35/h15,17,24,33H,1-14,16,18-23H2,(H,36,37)(H,31,34,35)/t24-/m0/s1. The minimum absolute atomic E-state index is 0.0123. The average molecular weight is 617 g/mol. The van der Waals surface area contributed by atoms with E-state index in [0.717, 1.165) is 55.6 Å². The van der Waals surface area contributed by atoms with Crippen LogP contribution in [0.25, 0.3) is 0 Å². The van der Waals surface area contributed by atoms with Crippen molar-refractivity contribution in [1.29, 1.82) is 0 Å². The molecule has 3 N–H and O–H groups in total. The van der Waals surface area contributed by atoms with Crippen LogP contribution < -0.4 is 11.2 Å². The molecule has 2 atom stereocenters. The number of ether oxygens (including phenoxy) is 2. The van der Waals surface area contributed by atoms with Gasteiger partial charge in [0.15, 0.2) is 0 Å². The third kappa shape index (κ3) is 21.8. The number of hydrogen-bond acceptors (Lipinski definition) is 7. The van der Waals surface area contributed by atoms with Crippen molar-refractivity contribution < 1.29 is 41.7 Å². The molecule has 41 heavy (non-hydrogen) atoms. The van der Waals surface area contributed by atoms with Crippen LogP contribution in [-0.2, 0) is 25.1 Å². The van der Waals surface area contributed by atoms with Crippen molar-refractivity contribution in [2.24, 2.45) is 0 Å². The number of alkyl halides is 3. The summed E-state index contributed by atoms with van der Waals surface area (Å²) in [5.41, 5.74) is -1.23. The first-order valence-corrected chi connectivity index (χ1v) is 16.4. The molecule has 14 heteroatoms. The second-order valence-corrected chi connectivity index (χ2v) is 12.1. The molecular weight excluding hydrogens is 568 g/mol. The van der Waals surface area contributed by atoms with Crippen LogP contribution in [0.3, 0.4) is 0 Å². The normalized spacial score (nSPS) is 14.3. The SMILES string of the molecule is O=c1ccn(C[C@@H](CO)OCP(=O)(O)OCCCOCCCCCCCCCCCCCCCC(F)(F)F)c(=O)[nH]1. The summed E-state index contributed by atoms with van der Waals surface area (Å²) in [6, 6.07) is 1.14. The van der Waals surface area contributed by atoms with Gasteiger partial charge in [0.25, 0.3) is 5.56 Å². The van der Waals surface area contributed by atoms with Crippen molar-refractivity contribution in [2.75, 3.05) is 32.8 Å². The van der Waals surface area contributed by atoms with Gasteiger partial charge in [-0.15, -0.1) is 0 Å². The van der Waals surface area contributed by atoms with Gasteiger partial charge >= 0.3 is 19.5 Å². The zero-order valence-electron chi connectivity index (χ0n) is 24.0. The number of aromatic amines is 1. The van der Waals surface area contributed by atoms with Crippen LogP contribution in [0.5, 0.6) is 0 Å². The maximum absolute atomic E-state index is 12.1. The molecular formula is C27H48F3N2O8P. The monoisotopic (exact) mass is 616 g/mol. The molecule has 1 heterocycles. The van der Waals surface area contributed by atoms with Crippen molar-refractivity contribution in [2.45, 2.75) is 115 Å². The number of aromatic nitrogens is 2. The molecule has 1 aromatic rings. The Balaban J connectivity index is 1.91. The van der Waals surface area contributed by atoms with E-state index in [1.807, 2.05) is 0 Å². The number of nitrogens with zero attached hydrogens (tertiary/aromatic N) is 1. The second kappa shape index (κ2) is 22.1. The van der Waals surface area contributed by atoms with Gasteiger partial charge < -0.3 is 24.0 Å². The van der Waals surface area contributed by atoms with Crippen LogP contribution in [0.4, 0.5) is 13.2 Å². The van der Waals surface area contributed by atoms with Gasteiger partial charge in [0.05, 0.1) is 25.9 Å². The maximum atomic E-state index is 12.1. The van der Waals surface area contributed by atoms with Crippen LogP contribution in [0.15, 0.2) is 21.9 Å². The average Bonchev–Trinajstić information content (AvgIpc) is 2.90. The lowest BCUT2D eigenvalue weighted by Crippen LogP contribution is -2.34. The minimum atomic E-state index is -4.05. The maximum Gasteiger partial charge on any atom is 0.389 e. The summed E-state index contributed by atoms with van der Waals surface area (Å²) in [5, 5.41) is 9.43. The highest BCUT2D eigenvalue weighted by Crippen LogP contribution is 2.42. The molecule has 0 fully saturated rings. The molecule has 1 aromatic heterocycles. The van der Waals surface area contributed by atoms with Crippen molar-refractivity contribution in [3.8, 4) is 0 Å². The molecule has 0 aromatic carbocycles. The van der Waals surface area contributed by atoms with Crippen molar-refractivity contribution in [3.05, 3.63) is 33.1 Å². The lowest BCUT2D eigenvalue weighted by molar-refractivity contribution is -0.135. The van der Waals surface area contributed by atoms with Crippen LogP contribution >= 0.6 is 7.60 Å². The van der Waals surface area contributed by atoms with Crippen molar-refractivity contribution >= 4 is 7.60 Å². The third-order valence-corrected chi connectivity index (χ3v) is 7.51. The van der Waals surface area contributed by atoms with E-state index >= 15 is 0 Å². The summed E-state index contributed by atoms with van der Waals surface area (Å²) in [7, 11) is -4.05. The first kappa shape index (κ1) is 37.5. The largest absolute Gasteiger partial charge is 0.394 e. The van der Waals surface area contributed by atoms with Crippen molar-refractivity contribution in [3.63, 3.8) is 0 Å². The summed E-state index contributed by atoms with van der Waals surface area (Å²) in [5.74, 6) is 0. The van der Waals surface area contributed by atoms with Crippen molar-refractivity contribution in [1.82, 2.24) is 9.55 Å². The highest BCUT2D eigenvalue weighted by atomic mass is 31.2. The van der Waals surface area contributed by atoms with E-state index in [1.54, 1.807) is 0 Å². The second-order valence-electron chi connectivity index (χ2n) is 10.3. The van der Waals surface area contributed by atoms with Gasteiger partial charge in [-0.2, -0.15) is 13.2 Å². The fourth-order valence-electron chi connectivity index (χ4n) is 4.15. The Hall–Kier alpha value is -1.50. The number of H-pyrrole nitrogens is 1. The quantitative estimate of drug-likeness (QED) is 0.0916. The fourth-order valence-corrected chi connectivity index (χ4v) is 5.04. The summed E-state index contributed by atoms with van der Waals surface area (Å²) in [6.07, 6.45) is 8.41. The van der Waals surface area contributed by atoms with E-state index in [0.29, 0.717) is 26.1 Å². The van der Waals surface area contributed by atoms with Gasteiger partial charge in [-0.05, 0) is 19.3 Å². The molecule has 0 saturated heterocycles. The summed E-state index contributed by atoms with van der Waals surface area (Å²) in [4.78, 5) is 34.8. The third-order valence-electron chi connectivity index (χ3n) is 6.45. The first-order chi connectivity index (χ1) is 19.5. The Morgan fingerprint density at radius 2 is 1.39 bits per heavy atom. The Bertz CT molecular complexity index is 957. The van der Waals surface area contributed by atoms with Crippen LogP contribution in [0.1, 0.15) is 96.3 Å². The highest BCUT2D eigenvalue weighted by Gasteiger charge is 2.25. The van der Waals surface area contributed by atoms with Gasteiger partial charge in [-0.1, -0.05) is 70.6 Å². The molecule has 0 aliphatic heterocycles. The Morgan fingerprint density at radius 1 is 0.854 bits per heavy atom. The number of rotatable bonds is 26. The molecule has 10 nitrogen and oxygen atoms in total. The Kier molecular flexibility index (Phi) is 20.2. The van der Waals surface area contributed by atoms with Crippen LogP contribution in [0, 0.1) is 0 Å². The molecule has 0 radical (unpaired) electrons. The minimum Gasteiger partial charge on any atom is -0.394 e. The molecule has 0 saturated carbocycles. The molecule has 240 valence electrons. The predicted molar refractivity (Wildman–Crippen MR) is 150 cm³/mol. The summed E-state index contributed by atoms with van der Waals surface area (Å²) in [6.45, 7) is 0.420. The number of hydrogen-bond donors (Lipinski definition) is 3. The zero-order chi connectivity index (χ0) is 30.4. The van der Waals surface area contributed by atoms with Crippen LogP contribution in [-0.4, -0.2) is 64.6 Å². The number of aliphatic hydroxyl groups is 1. The lowest BCUT2D eigenvalue weighted by atomic mass is 10.0. The van der Waals surface area contributed by atoms with Gasteiger partial charge in [0.1, 0.15) is 6.35 Å². The van der Waals surface area contributed by atoms with E-state index < -0.39 is 50.5 Å². The fraction of sp³-hybridized carbons (Fsp3) is 0.852. The molecule has 0 aliphatic carbocycles. The van der Waals surface area contributed by atoms with E-state index in [9.17, 15) is 37.3 Å². The molecule has 0 aliphatic rings. The lowest BCUT2D eigenvalue weighted by Gasteiger charge is -2.19. The van der Waals surface area contributed by atoms with Gasteiger partial charge in [-0.25, -0.2) is 4.79 Å². The summed E-state index contributed by atoms with van der Waals surface area (Å²) >= 11 is 0. The number of aliphatic hydroxyl groups excluding tert-OH is 1. The number of nitrogens with one attached hydrogen (secondary N) is 1. The van der Waals surface area contributed by atoms with Gasteiger partial charge in [-0.3, -0.25) is 18.9 Å². The number of halogens is 3. The van der Waals surface area contributed by atoms with E-state index in [2.05, 4.69) is 4.98 Å².